The lowest BCUT2D eigenvalue weighted by Gasteiger charge is -2.29. The molecule has 4 aromatic rings. The molecule has 0 saturated carbocycles. The fourth-order valence-corrected chi connectivity index (χ4v) is 4.40. The predicted octanol–water partition coefficient (Wildman–Crippen LogP) is 2.05. The van der Waals surface area contributed by atoms with E-state index < -0.39 is 25.2 Å². The molecule has 5 heterocycles. The van der Waals surface area contributed by atoms with Gasteiger partial charge in [0.05, 0.1) is 19.7 Å². The molecule has 0 bridgehead atoms. The van der Waals surface area contributed by atoms with Crippen LogP contribution in [0.5, 0.6) is 0 Å². The molecule has 0 amide bonds. The summed E-state index contributed by atoms with van der Waals surface area (Å²) in [5, 5.41) is 3.04. The van der Waals surface area contributed by atoms with Gasteiger partial charge in [0, 0.05) is 31.9 Å². The van der Waals surface area contributed by atoms with Crippen LogP contribution in [0.3, 0.4) is 0 Å². The van der Waals surface area contributed by atoms with Gasteiger partial charge in [-0.1, -0.05) is 0 Å². The number of piperidine rings is 1. The SMILES string of the molecule is [2H]c1cc(-c2ccc3nc(C)n(CC(F)F)c3n2)c2c(=NC)[nH]c(=N[C@H]3CCN(C)C[C@H]3F)[nH]n12. The topological polar surface area (TPSA) is 94.7 Å². The van der Waals surface area contributed by atoms with E-state index in [1.54, 1.807) is 32.2 Å². The summed E-state index contributed by atoms with van der Waals surface area (Å²) >= 11 is 0. The van der Waals surface area contributed by atoms with Crippen LogP contribution in [0, 0.1) is 6.92 Å². The third-order valence-corrected chi connectivity index (χ3v) is 6.10. The Balaban J connectivity index is 1.65. The lowest BCUT2D eigenvalue weighted by molar-refractivity contribution is 0.127. The number of rotatable bonds is 4. The number of hydrogen-bond donors (Lipinski definition) is 2. The van der Waals surface area contributed by atoms with E-state index in [0.29, 0.717) is 57.8 Å². The molecule has 1 saturated heterocycles. The number of nitrogens with one attached hydrogen (secondary N) is 2. The van der Waals surface area contributed by atoms with Crippen LogP contribution in [0.15, 0.2) is 34.4 Å². The van der Waals surface area contributed by atoms with Crippen LogP contribution in [-0.4, -0.2) is 79.9 Å². The highest BCUT2D eigenvalue weighted by Crippen LogP contribution is 2.25. The predicted molar refractivity (Wildman–Crippen MR) is 121 cm³/mol. The first-order valence-electron chi connectivity index (χ1n) is 11.5. The van der Waals surface area contributed by atoms with Crippen LogP contribution in [0.4, 0.5) is 13.2 Å². The van der Waals surface area contributed by atoms with Crippen LogP contribution in [0.1, 0.15) is 13.6 Å². The second-order valence-electron chi connectivity index (χ2n) is 8.49. The van der Waals surface area contributed by atoms with E-state index in [2.05, 4.69) is 30.0 Å². The Morgan fingerprint density at radius 2 is 2.12 bits per heavy atom. The molecule has 0 radical (unpaired) electrons. The van der Waals surface area contributed by atoms with Crippen molar-refractivity contribution in [2.75, 3.05) is 27.2 Å². The van der Waals surface area contributed by atoms with Gasteiger partial charge in [0.25, 0.3) is 6.43 Å². The first-order valence-corrected chi connectivity index (χ1v) is 11.0. The lowest BCUT2D eigenvalue weighted by Crippen LogP contribution is -2.43. The van der Waals surface area contributed by atoms with Gasteiger partial charge < -0.3 is 14.5 Å². The van der Waals surface area contributed by atoms with Gasteiger partial charge in [-0.05, 0) is 38.6 Å². The minimum atomic E-state index is -2.54. The largest absolute Gasteiger partial charge is 0.308 e. The summed E-state index contributed by atoms with van der Waals surface area (Å²) in [5.41, 5.74) is 3.21. The molecule has 4 aromatic heterocycles. The van der Waals surface area contributed by atoms with Gasteiger partial charge in [-0.15, -0.1) is 0 Å². The number of aromatic nitrogens is 6. The Kier molecular flexibility index (Phi) is 5.44. The zero-order valence-electron chi connectivity index (χ0n) is 20.1. The number of nitrogens with zero attached hydrogens (tertiary/aromatic N) is 7. The molecule has 0 spiro atoms. The Morgan fingerprint density at radius 3 is 2.85 bits per heavy atom. The van der Waals surface area contributed by atoms with E-state index in [4.69, 9.17) is 1.37 Å². The highest BCUT2D eigenvalue weighted by molar-refractivity contribution is 5.82. The smallest absolute Gasteiger partial charge is 0.256 e. The molecule has 12 heteroatoms. The third kappa shape index (κ3) is 4.02. The average Bonchev–Trinajstić information content (AvgIpc) is 3.31. The van der Waals surface area contributed by atoms with E-state index in [1.807, 2.05) is 11.9 Å². The Labute approximate surface area is 194 Å². The zero-order chi connectivity index (χ0) is 24.9. The van der Waals surface area contributed by atoms with Crippen molar-refractivity contribution in [1.82, 2.24) is 34.0 Å². The number of hydrogen-bond acceptors (Lipinski definition) is 5. The molecule has 0 aliphatic carbocycles. The molecule has 1 aliphatic heterocycles. The third-order valence-electron chi connectivity index (χ3n) is 6.10. The van der Waals surface area contributed by atoms with Gasteiger partial charge in [0.1, 0.15) is 23.0 Å². The highest BCUT2D eigenvalue weighted by atomic mass is 19.3. The van der Waals surface area contributed by atoms with E-state index in [1.165, 1.54) is 9.08 Å². The molecule has 0 aromatic carbocycles. The van der Waals surface area contributed by atoms with Gasteiger partial charge in [0.2, 0.25) is 5.62 Å². The second kappa shape index (κ2) is 8.75. The summed E-state index contributed by atoms with van der Waals surface area (Å²) in [6, 6.07) is 4.56. The molecule has 2 N–H and O–H groups in total. The van der Waals surface area contributed by atoms with E-state index >= 15 is 0 Å². The van der Waals surface area contributed by atoms with Gasteiger partial charge in [0.15, 0.2) is 11.1 Å². The van der Waals surface area contributed by atoms with E-state index in [-0.39, 0.29) is 6.17 Å². The highest BCUT2D eigenvalue weighted by Gasteiger charge is 2.27. The van der Waals surface area contributed by atoms with Crippen LogP contribution in [-0.2, 0) is 6.54 Å². The summed E-state index contributed by atoms with van der Waals surface area (Å²) < 4.78 is 52.2. The van der Waals surface area contributed by atoms with Gasteiger partial charge in [-0.3, -0.25) is 14.6 Å². The van der Waals surface area contributed by atoms with Crippen molar-refractivity contribution in [2.24, 2.45) is 9.98 Å². The summed E-state index contributed by atoms with van der Waals surface area (Å²) in [6.07, 6.45) is -2.95. The number of aryl methyl sites for hydroxylation is 1. The van der Waals surface area contributed by atoms with E-state index in [9.17, 15) is 13.2 Å². The summed E-state index contributed by atoms with van der Waals surface area (Å²) in [4.78, 5) is 22.8. The number of likely N-dealkylation sites (tertiary alicyclic amines) is 1. The number of alkyl halides is 3. The molecule has 34 heavy (non-hydrogen) atoms. The monoisotopic (exact) mass is 474 g/mol. The van der Waals surface area contributed by atoms with Crippen LogP contribution in [0.2, 0.25) is 0 Å². The second-order valence-corrected chi connectivity index (χ2v) is 8.49. The van der Waals surface area contributed by atoms with Crippen molar-refractivity contribution in [3.8, 4) is 11.3 Å². The number of halogens is 3. The minimum Gasteiger partial charge on any atom is -0.308 e. The number of H-pyrrole nitrogens is 2. The van der Waals surface area contributed by atoms with Crippen molar-refractivity contribution >= 4 is 16.7 Å². The van der Waals surface area contributed by atoms with Crippen molar-refractivity contribution in [1.29, 1.82) is 0 Å². The minimum absolute atomic E-state index is 0.115. The number of pyridine rings is 1. The Bertz CT molecular complexity index is 1530. The molecule has 0 unspecified atom stereocenters. The summed E-state index contributed by atoms with van der Waals surface area (Å²) in [5.74, 6) is 0.449. The molecule has 5 rings (SSSR count). The molecule has 1 fully saturated rings. The lowest BCUT2D eigenvalue weighted by atomic mass is 10.0. The van der Waals surface area contributed by atoms with Crippen LogP contribution >= 0.6 is 0 Å². The zero-order valence-corrected chi connectivity index (χ0v) is 19.1. The summed E-state index contributed by atoms with van der Waals surface area (Å²) in [7, 11) is 3.48. The quantitative estimate of drug-likeness (QED) is 0.474. The Hall–Kier alpha value is -3.41. The normalized spacial score (nSPS) is 21.3. The van der Waals surface area contributed by atoms with Gasteiger partial charge in [-0.25, -0.2) is 28.1 Å². The molecule has 9 nitrogen and oxygen atoms in total. The maximum absolute atomic E-state index is 14.5. The Morgan fingerprint density at radius 1 is 1.29 bits per heavy atom. The van der Waals surface area contributed by atoms with Crippen LogP contribution in [0.25, 0.3) is 27.9 Å². The van der Waals surface area contributed by atoms with Crippen molar-refractivity contribution in [3.63, 3.8) is 0 Å². The van der Waals surface area contributed by atoms with Gasteiger partial charge >= 0.3 is 0 Å². The first kappa shape index (κ1) is 21.1. The summed E-state index contributed by atoms with van der Waals surface area (Å²) in [6.45, 7) is 2.21. The number of imidazole rings is 1. The van der Waals surface area contributed by atoms with E-state index in [0.717, 1.165) is 6.54 Å². The molecular formula is C22H26F3N9. The van der Waals surface area contributed by atoms with Gasteiger partial charge in [-0.2, -0.15) is 0 Å². The average molecular weight is 475 g/mol. The fourth-order valence-electron chi connectivity index (χ4n) is 4.40. The van der Waals surface area contributed by atoms with Crippen molar-refractivity contribution in [2.45, 2.75) is 38.5 Å². The molecular weight excluding hydrogens is 447 g/mol. The number of fused-ring (bicyclic) bond motifs is 2. The first-order chi connectivity index (χ1) is 16.7. The maximum atomic E-state index is 14.5. The molecule has 1 aliphatic rings. The standard InChI is InChI=1S/C22H26F3N9/c1-12-27-17-5-4-15(28-21(17)33(12)11-18(24)25)13-6-9-34-19(13)20(26-2)30-22(31-34)29-16-7-8-32(3)10-14(16)23/h4-6,9,14,16,18H,7-8,10-11H2,1-3H3,(H2,26,29,30,31)/t14-,16+/m1/s1/i9D. The van der Waals surface area contributed by atoms with Crippen LogP contribution < -0.4 is 11.1 Å². The molecule has 2 atom stereocenters. The number of aromatic amines is 2. The maximum Gasteiger partial charge on any atom is 0.256 e. The fraction of sp³-hybridized carbons (Fsp3) is 0.455. The van der Waals surface area contributed by atoms with Crippen molar-refractivity contribution < 1.29 is 14.5 Å². The molecule has 180 valence electrons. The van der Waals surface area contributed by atoms with Crippen molar-refractivity contribution in [3.05, 3.63) is 41.3 Å².